The molecule has 0 saturated carbocycles. The van der Waals surface area contributed by atoms with Gasteiger partial charge in [0.2, 0.25) is 0 Å². The zero-order valence-electron chi connectivity index (χ0n) is 18.9. The van der Waals surface area contributed by atoms with Crippen molar-refractivity contribution in [3.63, 3.8) is 0 Å². The topological polar surface area (TPSA) is 123 Å². The van der Waals surface area contributed by atoms with E-state index in [9.17, 15) is 9.59 Å². The molecule has 180 valence electrons. The van der Waals surface area contributed by atoms with Crippen LogP contribution >= 0.6 is 12.4 Å². The van der Waals surface area contributed by atoms with Crippen molar-refractivity contribution in [1.29, 1.82) is 0 Å². The van der Waals surface area contributed by atoms with E-state index >= 15 is 0 Å². The van der Waals surface area contributed by atoms with E-state index in [4.69, 9.17) is 11.5 Å². The van der Waals surface area contributed by atoms with Gasteiger partial charge < -0.3 is 21.3 Å². The summed E-state index contributed by atoms with van der Waals surface area (Å²) in [5.74, 6) is 0.605. The third-order valence-electron chi connectivity index (χ3n) is 6.41. The summed E-state index contributed by atoms with van der Waals surface area (Å²) in [6, 6.07) is 9.69. The van der Waals surface area contributed by atoms with E-state index in [0.29, 0.717) is 31.6 Å². The van der Waals surface area contributed by atoms with E-state index in [1.807, 2.05) is 12.1 Å². The van der Waals surface area contributed by atoms with Crippen LogP contribution in [0, 0.1) is 5.92 Å². The van der Waals surface area contributed by atoms with Crippen LogP contribution < -0.4 is 22.5 Å². The lowest BCUT2D eigenvalue weighted by atomic mass is 10.0. The van der Waals surface area contributed by atoms with Crippen molar-refractivity contribution in [3.05, 3.63) is 52.6 Å². The smallest absolute Gasteiger partial charge is 0.330 e. The molecule has 0 radical (unpaired) electrons. The van der Waals surface area contributed by atoms with Crippen LogP contribution in [0.3, 0.4) is 0 Å². The van der Waals surface area contributed by atoms with E-state index in [2.05, 4.69) is 27.3 Å². The molecule has 1 unspecified atom stereocenters. The van der Waals surface area contributed by atoms with Gasteiger partial charge in [0.15, 0.2) is 0 Å². The molecule has 0 spiro atoms. The van der Waals surface area contributed by atoms with Gasteiger partial charge in [0.25, 0.3) is 0 Å². The van der Waals surface area contributed by atoms with Crippen LogP contribution in [-0.4, -0.2) is 70.7 Å². The van der Waals surface area contributed by atoms with E-state index in [1.54, 1.807) is 17.2 Å². The number of amides is 2. The van der Waals surface area contributed by atoms with Crippen molar-refractivity contribution in [2.24, 2.45) is 17.4 Å². The summed E-state index contributed by atoms with van der Waals surface area (Å²) >= 11 is 0. The number of carbonyl (C=O) groups excluding carboxylic acids is 1. The number of nitrogens with zero attached hydrogens (tertiary/aromatic N) is 4. The fraction of sp³-hybridized carbons (Fsp3) is 0.522. The lowest BCUT2D eigenvalue weighted by Crippen LogP contribution is -2.54. The number of carbonyl (C=O) groups is 1. The standard InChI is InChI=1S/C23H33N7O2.ClH/c24-14-18-15-29(16-18)22(31)26-21-9-13-30(23(32)27-21)20-5-3-17(4-6-20)7-11-28-10-1-2-19(25)8-12-28;/h3-6,9,13,18-19H,1-2,7-8,10-12,14-16,24-25H2,(H,26,27,31,32);1H. The molecule has 2 aliphatic rings. The van der Waals surface area contributed by atoms with Crippen molar-refractivity contribution in [1.82, 2.24) is 19.4 Å². The van der Waals surface area contributed by atoms with Gasteiger partial charge in [-0.25, -0.2) is 9.59 Å². The number of rotatable bonds is 6. The number of likely N-dealkylation sites (tertiary alicyclic amines) is 2. The molecule has 0 aliphatic carbocycles. The van der Waals surface area contributed by atoms with E-state index < -0.39 is 5.69 Å². The first-order valence-electron chi connectivity index (χ1n) is 11.4. The highest BCUT2D eigenvalue weighted by Crippen LogP contribution is 2.16. The number of aromatic nitrogens is 2. The first-order chi connectivity index (χ1) is 15.5. The fourth-order valence-corrected chi connectivity index (χ4v) is 4.26. The number of halogens is 1. The third-order valence-corrected chi connectivity index (χ3v) is 6.41. The fourth-order valence-electron chi connectivity index (χ4n) is 4.26. The maximum Gasteiger partial charge on any atom is 0.354 e. The van der Waals surface area contributed by atoms with Gasteiger partial charge in [0.05, 0.1) is 5.69 Å². The minimum atomic E-state index is -0.431. The molecular formula is C23H34ClN7O2. The van der Waals surface area contributed by atoms with E-state index in [1.165, 1.54) is 16.6 Å². The Hall–Kier alpha value is -2.46. The molecule has 2 aromatic rings. The summed E-state index contributed by atoms with van der Waals surface area (Å²) in [6.07, 6.45) is 5.95. The quantitative estimate of drug-likeness (QED) is 0.581. The van der Waals surface area contributed by atoms with Crippen LogP contribution in [0.4, 0.5) is 10.6 Å². The molecule has 4 rings (SSSR count). The zero-order chi connectivity index (χ0) is 22.5. The van der Waals surface area contributed by atoms with Gasteiger partial charge in [0, 0.05) is 37.8 Å². The largest absolute Gasteiger partial charge is 0.354 e. The Morgan fingerprint density at radius 3 is 2.58 bits per heavy atom. The summed E-state index contributed by atoms with van der Waals surface area (Å²) in [5, 5.41) is 2.68. The predicted molar refractivity (Wildman–Crippen MR) is 132 cm³/mol. The summed E-state index contributed by atoms with van der Waals surface area (Å²) in [7, 11) is 0. The minimum Gasteiger partial charge on any atom is -0.330 e. The predicted octanol–water partition coefficient (Wildman–Crippen LogP) is 1.43. The number of nitrogens with two attached hydrogens (primary N) is 2. The Bertz CT molecular complexity index is 976. The molecule has 3 heterocycles. The molecule has 33 heavy (non-hydrogen) atoms. The molecule has 5 N–H and O–H groups in total. The van der Waals surface area contributed by atoms with Crippen LogP contribution in [0.1, 0.15) is 24.8 Å². The van der Waals surface area contributed by atoms with Gasteiger partial charge in [0.1, 0.15) is 5.82 Å². The Balaban J connectivity index is 0.00000306. The molecule has 2 saturated heterocycles. The normalized spacial score (nSPS) is 19.3. The van der Waals surface area contributed by atoms with E-state index in [0.717, 1.165) is 44.6 Å². The van der Waals surface area contributed by atoms with Gasteiger partial charge in [-0.1, -0.05) is 12.1 Å². The van der Waals surface area contributed by atoms with Crippen LogP contribution in [-0.2, 0) is 6.42 Å². The van der Waals surface area contributed by atoms with E-state index in [-0.39, 0.29) is 24.3 Å². The first kappa shape index (κ1) is 25.2. The Labute approximate surface area is 200 Å². The average Bonchev–Trinajstić information content (AvgIpc) is 2.96. The van der Waals surface area contributed by atoms with Crippen molar-refractivity contribution in [2.75, 3.05) is 44.6 Å². The number of hydrogen-bond donors (Lipinski definition) is 3. The molecule has 1 aromatic heterocycles. The molecule has 2 aliphatic heterocycles. The highest BCUT2D eigenvalue weighted by atomic mass is 35.5. The molecule has 1 atom stereocenters. The van der Waals surface area contributed by atoms with Gasteiger partial charge in [-0.3, -0.25) is 9.88 Å². The van der Waals surface area contributed by atoms with Crippen LogP contribution in [0.5, 0.6) is 0 Å². The molecule has 0 bridgehead atoms. The maximum atomic E-state index is 12.5. The molecule has 2 fully saturated rings. The number of anilines is 1. The van der Waals surface area contributed by atoms with Gasteiger partial charge in [-0.15, -0.1) is 12.4 Å². The van der Waals surface area contributed by atoms with Crippen LogP contribution in [0.25, 0.3) is 5.69 Å². The number of hydrogen-bond acceptors (Lipinski definition) is 6. The van der Waals surface area contributed by atoms with Gasteiger partial charge >= 0.3 is 11.7 Å². The maximum absolute atomic E-state index is 12.5. The van der Waals surface area contributed by atoms with Crippen molar-refractivity contribution < 1.29 is 4.79 Å². The second-order valence-electron chi connectivity index (χ2n) is 8.85. The SMILES string of the molecule is Cl.NCC1CN(C(=O)Nc2ccn(-c3ccc(CCN4CCCC(N)CC4)cc3)c(=O)n2)C1. The lowest BCUT2D eigenvalue weighted by molar-refractivity contribution is 0.135. The van der Waals surface area contributed by atoms with Crippen molar-refractivity contribution >= 4 is 24.3 Å². The second kappa shape index (κ2) is 11.6. The highest BCUT2D eigenvalue weighted by molar-refractivity contribution is 5.88. The Morgan fingerprint density at radius 1 is 1.12 bits per heavy atom. The van der Waals surface area contributed by atoms with Crippen molar-refractivity contribution in [2.45, 2.75) is 31.7 Å². The highest BCUT2D eigenvalue weighted by Gasteiger charge is 2.29. The summed E-state index contributed by atoms with van der Waals surface area (Å²) in [5.41, 5.74) is 13.2. The molecule has 1 aromatic carbocycles. The second-order valence-corrected chi connectivity index (χ2v) is 8.85. The van der Waals surface area contributed by atoms with Gasteiger partial charge in [-0.05, 0) is 69.1 Å². The lowest BCUT2D eigenvalue weighted by Gasteiger charge is -2.38. The minimum absolute atomic E-state index is 0. The number of urea groups is 1. The monoisotopic (exact) mass is 475 g/mol. The van der Waals surface area contributed by atoms with Crippen LogP contribution in [0.15, 0.2) is 41.3 Å². The number of nitrogens with one attached hydrogen (secondary N) is 1. The Kier molecular flexibility index (Phi) is 8.85. The molecule has 2 amide bonds. The number of benzene rings is 1. The van der Waals surface area contributed by atoms with Crippen molar-refractivity contribution in [3.8, 4) is 5.69 Å². The first-order valence-corrected chi connectivity index (χ1v) is 11.4. The molecule has 9 nitrogen and oxygen atoms in total. The zero-order valence-corrected chi connectivity index (χ0v) is 19.7. The summed E-state index contributed by atoms with van der Waals surface area (Å²) in [6.45, 7) is 5.04. The van der Waals surface area contributed by atoms with Crippen LogP contribution in [0.2, 0.25) is 0 Å². The molecule has 10 heteroatoms. The third kappa shape index (κ3) is 6.54. The average molecular weight is 476 g/mol. The summed E-state index contributed by atoms with van der Waals surface area (Å²) in [4.78, 5) is 32.8. The molecular weight excluding hydrogens is 442 g/mol. The summed E-state index contributed by atoms with van der Waals surface area (Å²) < 4.78 is 1.48. The Morgan fingerprint density at radius 2 is 1.88 bits per heavy atom. The van der Waals surface area contributed by atoms with Gasteiger partial charge in [-0.2, -0.15) is 4.98 Å².